The molecule has 1 fully saturated rings. The van der Waals surface area contributed by atoms with Gasteiger partial charge in [0.15, 0.2) is 11.6 Å². The number of carbonyl (C=O) groups is 2. The molecule has 8 heteroatoms. The third-order valence-electron chi connectivity index (χ3n) is 2.58. The van der Waals surface area contributed by atoms with E-state index in [-0.39, 0.29) is 19.0 Å². The average molecular weight is 273 g/mol. The molecular weight excluding hydrogens is 263 g/mol. The van der Waals surface area contributed by atoms with Gasteiger partial charge in [-0.25, -0.2) is 13.2 Å². The number of carbonyl (C=O) groups excluding carboxylic acids is 2. The Kier molecular flexibility index (Phi) is 3.70. The number of nitrogens with one attached hydrogen (secondary N) is 3. The van der Waals surface area contributed by atoms with Gasteiger partial charge in [0, 0.05) is 18.7 Å². The van der Waals surface area contributed by atoms with Crippen molar-refractivity contribution in [2.45, 2.75) is 6.04 Å². The molecule has 0 spiro atoms. The minimum Gasteiger partial charge on any atom is -0.353 e. The van der Waals surface area contributed by atoms with Crippen LogP contribution in [0.25, 0.3) is 0 Å². The maximum absolute atomic E-state index is 13.3. The lowest BCUT2D eigenvalue weighted by molar-refractivity contribution is -0.124. The highest BCUT2D eigenvalue weighted by Gasteiger charge is 2.25. The van der Waals surface area contributed by atoms with E-state index >= 15 is 0 Å². The second-order valence-corrected chi connectivity index (χ2v) is 3.98. The SMILES string of the molecule is O=C1CNC(C(=O)Nc2cc(F)cc(F)c2F)CN1. The molecule has 1 aliphatic heterocycles. The van der Waals surface area contributed by atoms with Gasteiger partial charge < -0.3 is 10.6 Å². The predicted molar refractivity (Wildman–Crippen MR) is 59.7 cm³/mol. The topological polar surface area (TPSA) is 70.2 Å². The van der Waals surface area contributed by atoms with Crippen LogP contribution >= 0.6 is 0 Å². The fraction of sp³-hybridized carbons (Fsp3) is 0.273. The minimum atomic E-state index is -1.39. The van der Waals surface area contributed by atoms with Crippen LogP contribution in [0, 0.1) is 17.5 Å². The third-order valence-corrected chi connectivity index (χ3v) is 2.58. The Hall–Kier alpha value is -2.09. The Morgan fingerprint density at radius 1 is 1.32 bits per heavy atom. The van der Waals surface area contributed by atoms with Crippen LogP contribution in [0.5, 0.6) is 0 Å². The number of amides is 2. The van der Waals surface area contributed by atoms with Gasteiger partial charge in [-0.3, -0.25) is 14.9 Å². The predicted octanol–water partition coefficient (Wildman–Crippen LogP) is 0.130. The highest BCUT2D eigenvalue weighted by atomic mass is 19.2. The summed E-state index contributed by atoms with van der Waals surface area (Å²) in [5.74, 6) is -4.69. The lowest BCUT2D eigenvalue weighted by atomic mass is 10.2. The average Bonchev–Trinajstić information content (AvgIpc) is 2.36. The lowest BCUT2D eigenvalue weighted by Crippen LogP contribution is -2.56. The number of hydrogen-bond acceptors (Lipinski definition) is 3. The van der Waals surface area contributed by atoms with Crippen molar-refractivity contribution in [1.29, 1.82) is 0 Å². The molecule has 0 saturated carbocycles. The standard InChI is InChI=1S/C11H10F3N3O2/c12-5-1-6(13)10(14)7(2-5)17-11(19)8-3-16-9(18)4-15-8/h1-2,8,15H,3-4H2,(H,16,18)(H,17,19). The highest BCUT2D eigenvalue weighted by molar-refractivity contribution is 5.96. The summed E-state index contributed by atoms with van der Waals surface area (Å²) in [6.45, 7) is -0.0395. The van der Waals surface area contributed by atoms with Crippen LogP contribution in [0.2, 0.25) is 0 Å². The summed E-state index contributed by atoms with van der Waals surface area (Å²) in [5.41, 5.74) is -0.582. The molecule has 1 saturated heterocycles. The van der Waals surface area contributed by atoms with E-state index in [1.807, 2.05) is 0 Å². The summed E-state index contributed by atoms with van der Waals surface area (Å²) in [5, 5.41) is 7.10. The molecule has 1 aromatic rings. The lowest BCUT2D eigenvalue weighted by Gasteiger charge is -2.23. The van der Waals surface area contributed by atoms with Crippen molar-refractivity contribution in [3.05, 3.63) is 29.6 Å². The fourth-order valence-corrected chi connectivity index (χ4v) is 1.62. The van der Waals surface area contributed by atoms with Crippen molar-refractivity contribution >= 4 is 17.5 Å². The molecule has 0 bridgehead atoms. The second kappa shape index (κ2) is 5.27. The second-order valence-electron chi connectivity index (χ2n) is 3.98. The molecule has 1 atom stereocenters. The van der Waals surface area contributed by atoms with Crippen molar-refractivity contribution in [3.8, 4) is 0 Å². The van der Waals surface area contributed by atoms with E-state index in [1.165, 1.54) is 0 Å². The van der Waals surface area contributed by atoms with Crippen LogP contribution in [0.4, 0.5) is 18.9 Å². The quantitative estimate of drug-likeness (QED) is 0.671. The van der Waals surface area contributed by atoms with Gasteiger partial charge in [-0.05, 0) is 0 Å². The molecule has 1 aliphatic rings. The Morgan fingerprint density at radius 3 is 2.68 bits per heavy atom. The molecule has 1 aromatic carbocycles. The molecule has 2 rings (SSSR count). The van der Waals surface area contributed by atoms with Crippen LogP contribution in [0.1, 0.15) is 0 Å². The van der Waals surface area contributed by atoms with Crippen LogP contribution in [0.3, 0.4) is 0 Å². The van der Waals surface area contributed by atoms with E-state index < -0.39 is 35.1 Å². The third kappa shape index (κ3) is 3.02. The van der Waals surface area contributed by atoms with Gasteiger partial charge in [0.25, 0.3) is 0 Å². The normalized spacial score (nSPS) is 18.9. The van der Waals surface area contributed by atoms with Gasteiger partial charge in [-0.15, -0.1) is 0 Å². The van der Waals surface area contributed by atoms with Crippen LogP contribution in [-0.4, -0.2) is 30.9 Å². The molecule has 5 nitrogen and oxygen atoms in total. The molecule has 0 aliphatic carbocycles. The van der Waals surface area contributed by atoms with Crippen molar-refractivity contribution < 1.29 is 22.8 Å². The maximum atomic E-state index is 13.3. The minimum absolute atomic E-state index is 0.0179. The van der Waals surface area contributed by atoms with E-state index in [2.05, 4.69) is 16.0 Å². The molecule has 102 valence electrons. The van der Waals surface area contributed by atoms with Crippen LogP contribution < -0.4 is 16.0 Å². The fourth-order valence-electron chi connectivity index (χ4n) is 1.62. The van der Waals surface area contributed by atoms with Crippen molar-refractivity contribution in [1.82, 2.24) is 10.6 Å². The van der Waals surface area contributed by atoms with E-state index in [9.17, 15) is 22.8 Å². The van der Waals surface area contributed by atoms with Crippen molar-refractivity contribution in [2.75, 3.05) is 18.4 Å². The Labute approximate surface area is 106 Å². The van der Waals surface area contributed by atoms with Crippen LogP contribution in [0.15, 0.2) is 12.1 Å². The van der Waals surface area contributed by atoms with Gasteiger partial charge in [-0.2, -0.15) is 0 Å². The Morgan fingerprint density at radius 2 is 2.05 bits per heavy atom. The van der Waals surface area contributed by atoms with Gasteiger partial charge in [0.1, 0.15) is 11.9 Å². The number of halogens is 3. The van der Waals surface area contributed by atoms with Gasteiger partial charge in [0.05, 0.1) is 12.2 Å². The molecule has 19 heavy (non-hydrogen) atoms. The van der Waals surface area contributed by atoms with E-state index in [4.69, 9.17) is 0 Å². The summed E-state index contributed by atoms with van der Waals surface area (Å²) in [6, 6.07) is 0.269. The zero-order valence-corrected chi connectivity index (χ0v) is 9.60. The monoisotopic (exact) mass is 273 g/mol. The number of rotatable bonds is 2. The summed E-state index contributed by atoms with van der Waals surface area (Å²) in [4.78, 5) is 22.6. The molecular formula is C11H10F3N3O2. The van der Waals surface area contributed by atoms with Crippen molar-refractivity contribution in [2.24, 2.45) is 0 Å². The van der Waals surface area contributed by atoms with Gasteiger partial charge in [0.2, 0.25) is 11.8 Å². The van der Waals surface area contributed by atoms with E-state index in [0.717, 1.165) is 0 Å². The Bertz CT molecular complexity index is 526. The molecule has 2 amide bonds. The first-order valence-electron chi connectivity index (χ1n) is 5.43. The molecule has 0 radical (unpaired) electrons. The number of piperazine rings is 1. The summed E-state index contributed by atoms with van der Waals surface area (Å²) < 4.78 is 39.2. The molecule has 1 unspecified atom stereocenters. The molecule has 1 heterocycles. The van der Waals surface area contributed by atoms with E-state index in [1.54, 1.807) is 0 Å². The molecule has 0 aromatic heterocycles. The van der Waals surface area contributed by atoms with Crippen molar-refractivity contribution in [3.63, 3.8) is 0 Å². The van der Waals surface area contributed by atoms with Crippen LogP contribution in [-0.2, 0) is 9.59 Å². The number of anilines is 1. The maximum Gasteiger partial charge on any atom is 0.243 e. The van der Waals surface area contributed by atoms with E-state index in [0.29, 0.717) is 12.1 Å². The first-order chi connectivity index (χ1) is 8.97. The molecule has 3 N–H and O–H groups in total. The summed E-state index contributed by atoms with van der Waals surface area (Å²) in [7, 11) is 0. The smallest absolute Gasteiger partial charge is 0.243 e. The van der Waals surface area contributed by atoms with Gasteiger partial charge >= 0.3 is 0 Å². The largest absolute Gasteiger partial charge is 0.353 e. The zero-order valence-electron chi connectivity index (χ0n) is 9.60. The zero-order chi connectivity index (χ0) is 14.0. The highest BCUT2D eigenvalue weighted by Crippen LogP contribution is 2.19. The van der Waals surface area contributed by atoms with Gasteiger partial charge in [-0.1, -0.05) is 0 Å². The first-order valence-corrected chi connectivity index (χ1v) is 5.43. The summed E-state index contributed by atoms with van der Waals surface area (Å²) >= 11 is 0. The first kappa shape index (κ1) is 13.3. The number of benzene rings is 1. The summed E-state index contributed by atoms with van der Waals surface area (Å²) in [6.07, 6.45) is 0. The number of hydrogen-bond donors (Lipinski definition) is 3. The Balaban J connectivity index is 2.09.